The largest absolute Gasteiger partial charge is 0.496 e. The number of nitrogens with zero attached hydrogens (tertiary/aromatic N) is 2. The average molecular weight is 747 g/mol. The van der Waals surface area contributed by atoms with E-state index in [9.17, 15) is 33.6 Å². The molecule has 0 unspecified atom stereocenters. The molecule has 53 heavy (non-hydrogen) atoms. The van der Waals surface area contributed by atoms with E-state index in [2.05, 4.69) is 26.0 Å². The van der Waals surface area contributed by atoms with Crippen molar-refractivity contribution >= 4 is 64.5 Å². The summed E-state index contributed by atoms with van der Waals surface area (Å²) in [5, 5.41) is 9.65. The van der Waals surface area contributed by atoms with Gasteiger partial charge in [0.25, 0.3) is 11.8 Å². The van der Waals surface area contributed by atoms with Crippen molar-refractivity contribution in [3.05, 3.63) is 70.8 Å². The van der Waals surface area contributed by atoms with Crippen molar-refractivity contribution in [1.29, 1.82) is 0 Å². The number of carbonyl (C=O) groups is 7. The number of carbonyl (C=O) groups excluding carboxylic acids is 7. The van der Waals surface area contributed by atoms with Crippen LogP contribution in [0.5, 0.6) is 11.5 Å². The SMILES string of the molecule is COC(=O)CNC(=O)[C@H](C)NC(=O)CNC(=O)CNC(=O)Cc1c(OC)ccc2c1Sc1c(ccc(OC)c1CN1C(=O)c3ccccc3C1=O)N2C. The zero-order valence-corrected chi connectivity index (χ0v) is 30.4. The maximum Gasteiger partial charge on any atom is 0.325 e. The molecule has 2 aliphatic heterocycles. The van der Waals surface area contributed by atoms with Gasteiger partial charge in [0.2, 0.25) is 23.6 Å². The van der Waals surface area contributed by atoms with Crippen LogP contribution in [0.3, 0.4) is 0 Å². The summed E-state index contributed by atoms with van der Waals surface area (Å²) in [4.78, 5) is 92.4. The molecule has 3 aromatic rings. The van der Waals surface area contributed by atoms with Crippen LogP contribution in [0.15, 0.2) is 58.3 Å². The Morgan fingerprint density at radius 1 is 0.717 bits per heavy atom. The first kappa shape index (κ1) is 38.1. The van der Waals surface area contributed by atoms with E-state index in [0.29, 0.717) is 38.6 Å². The Hall–Kier alpha value is -6.10. The Labute approximate surface area is 308 Å². The third-order valence-electron chi connectivity index (χ3n) is 8.59. The molecule has 0 fully saturated rings. The van der Waals surface area contributed by atoms with Crippen LogP contribution in [0.25, 0.3) is 0 Å². The molecule has 0 saturated carbocycles. The van der Waals surface area contributed by atoms with Gasteiger partial charge in [0.15, 0.2) is 0 Å². The molecule has 0 radical (unpaired) electrons. The van der Waals surface area contributed by atoms with E-state index >= 15 is 0 Å². The number of methoxy groups -OCH3 is 3. The molecule has 278 valence electrons. The zero-order valence-electron chi connectivity index (χ0n) is 29.6. The summed E-state index contributed by atoms with van der Waals surface area (Å²) in [6, 6.07) is 12.9. The molecule has 0 aliphatic carbocycles. The van der Waals surface area contributed by atoms with E-state index in [1.54, 1.807) is 36.4 Å². The van der Waals surface area contributed by atoms with Crippen molar-refractivity contribution in [2.45, 2.75) is 35.7 Å². The molecular weight excluding hydrogens is 708 g/mol. The number of hydrogen-bond acceptors (Lipinski definition) is 12. The Bertz CT molecular complexity index is 1970. The lowest BCUT2D eigenvalue weighted by atomic mass is 10.1. The van der Waals surface area contributed by atoms with Gasteiger partial charge >= 0.3 is 5.97 Å². The minimum absolute atomic E-state index is 0.0523. The van der Waals surface area contributed by atoms with Crippen LogP contribution in [0.1, 0.15) is 38.8 Å². The van der Waals surface area contributed by atoms with E-state index in [0.717, 1.165) is 16.3 Å². The second kappa shape index (κ2) is 16.5. The van der Waals surface area contributed by atoms with E-state index in [1.165, 1.54) is 44.9 Å². The molecule has 2 aliphatic rings. The minimum atomic E-state index is -0.987. The van der Waals surface area contributed by atoms with Crippen LogP contribution in [-0.2, 0) is 41.7 Å². The number of imide groups is 1. The number of nitrogens with one attached hydrogen (secondary N) is 4. The number of rotatable bonds is 14. The molecule has 5 rings (SSSR count). The fourth-order valence-corrected chi connectivity index (χ4v) is 7.22. The third-order valence-corrected chi connectivity index (χ3v) is 9.91. The lowest BCUT2D eigenvalue weighted by molar-refractivity contribution is -0.141. The Morgan fingerprint density at radius 3 is 1.85 bits per heavy atom. The van der Waals surface area contributed by atoms with Crippen LogP contribution in [0.4, 0.5) is 11.4 Å². The van der Waals surface area contributed by atoms with Gasteiger partial charge in [-0.3, -0.25) is 38.5 Å². The number of hydrogen-bond donors (Lipinski definition) is 4. The minimum Gasteiger partial charge on any atom is -0.496 e. The van der Waals surface area contributed by atoms with Crippen LogP contribution >= 0.6 is 11.8 Å². The molecular formula is C36H38N6O10S. The number of ether oxygens (including phenoxy) is 3. The molecule has 0 aromatic heterocycles. The number of esters is 1. The first-order chi connectivity index (χ1) is 25.4. The van der Waals surface area contributed by atoms with Crippen molar-refractivity contribution < 1.29 is 47.8 Å². The first-order valence-corrected chi connectivity index (χ1v) is 17.1. The smallest absolute Gasteiger partial charge is 0.325 e. The molecule has 0 bridgehead atoms. The predicted octanol–water partition coefficient (Wildman–Crippen LogP) is 1.30. The summed E-state index contributed by atoms with van der Waals surface area (Å²) < 4.78 is 15.8. The molecule has 17 heteroatoms. The van der Waals surface area contributed by atoms with Crippen molar-refractivity contribution in [2.75, 3.05) is 52.9 Å². The van der Waals surface area contributed by atoms with Gasteiger partial charge in [-0.15, -0.1) is 0 Å². The van der Waals surface area contributed by atoms with Crippen molar-refractivity contribution in [2.24, 2.45) is 0 Å². The van der Waals surface area contributed by atoms with Crippen LogP contribution in [0.2, 0.25) is 0 Å². The van der Waals surface area contributed by atoms with Crippen molar-refractivity contribution in [1.82, 2.24) is 26.2 Å². The van der Waals surface area contributed by atoms with Gasteiger partial charge in [-0.25, -0.2) is 0 Å². The summed E-state index contributed by atoms with van der Waals surface area (Å²) in [6.45, 7) is 0.0994. The van der Waals surface area contributed by atoms with E-state index < -0.39 is 60.5 Å². The fourth-order valence-electron chi connectivity index (χ4n) is 5.81. The van der Waals surface area contributed by atoms with Gasteiger partial charge < -0.3 is 40.4 Å². The van der Waals surface area contributed by atoms with Crippen molar-refractivity contribution in [3.8, 4) is 11.5 Å². The number of anilines is 2. The highest BCUT2D eigenvalue weighted by Crippen LogP contribution is 2.53. The zero-order chi connectivity index (χ0) is 38.4. The Balaban J connectivity index is 1.26. The second-order valence-corrected chi connectivity index (χ2v) is 12.9. The molecule has 0 spiro atoms. The highest BCUT2D eigenvalue weighted by atomic mass is 32.2. The number of amides is 6. The van der Waals surface area contributed by atoms with Gasteiger partial charge in [0.1, 0.15) is 24.1 Å². The summed E-state index contributed by atoms with van der Waals surface area (Å²) >= 11 is 1.35. The summed E-state index contributed by atoms with van der Waals surface area (Å²) in [7, 11) is 6.02. The highest BCUT2D eigenvalue weighted by molar-refractivity contribution is 7.99. The highest BCUT2D eigenvalue weighted by Gasteiger charge is 2.37. The number of benzene rings is 3. The quantitative estimate of drug-likeness (QED) is 0.136. The topological polar surface area (TPSA) is 202 Å². The van der Waals surface area contributed by atoms with E-state index in [4.69, 9.17) is 9.47 Å². The number of fused-ring (bicyclic) bond motifs is 3. The molecule has 3 aromatic carbocycles. The monoisotopic (exact) mass is 746 g/mol. The average Bonchev–Trinajstić information content (AvgIpc) is 3.40. The molecule has 4 N–H and O–H groups in total. The van der Waals surface area contributed by atoms with Crippen LogP contribution in [0, 0.1) is 0 Å². The van der Waals surface area contributed by atoms with E-state index in [1.807, 2.05) is 24.1 Å². The third kappa shape index (κ3) is 8.19. The molecule has 0 saturated heterocycles. The molecule has 16 nitrogen and oxygen atoms in total. The Kier molecular flexibility index (Phi) is 11.9. The molecule has 6 amide bonds. The standard InChI is InChI=1S/C36H38N6O10S/c1-19(34(47)39-17-31(46)52-5)40-30(45)16-38-29(44)15-37-28(43)14-22-26(50-3)12-10-24-32(22)53-33-23(27(51-4)13-11-25(33)41(24)2)18-42-35(48)20-8-6-7-9-21(20)36(42)49/h6-13,19H,14-18H2,1-5H3,(H,37,43)(H,38,44)(H,39,47)(H,40,45)/t19-/m0/s1. The van der Waals surface area contributed by atoms with Gasteiger partial charge in [0, 0.05) is 28.0 Å². The fraction of sp³-hybridized carbons (Fsp3) is 0.306. The van der Waals surface area contributed by atoms with Gasteiger partial charge in [-0.1, -0.05) is 23.9 Å². The van der Waals surface area contributed by atoms with Crippen LogP contribution < -0.4 is 35.6 Å². The van der Waals surface area contributed by atoms with Gasteiger partial charge in [0.05, 0.1) is 69.9 Å². The van der Waals surface area contributed by atoms with Gasteiger partial charge in [-0.05, 0) is 43.3 Å². The first-order valence-electron chi connectivity index (χ1n) is 16.3. The normalized spacial score (nSPS) is 13.2. The van der Waals surface area contributed by atoms with Crippen molar-refractivity contribution in [3.63, 3.8) is 0 Å². The van der Waals surface area contributed by atoms with E-state index in [-0.39, 0.29) is 19.5 Å². The van der Waals surface area contributed by atoms with Gasteiger partial charge in [-0.2, -0.15) is 0 Å². The summed E-state index contributed by atoms with van der Waals surface area (Å²) in [5.74, 6) is -2.99. The molecule has 2 heterocycles. The predicted molar refractivity (Wildman–Crippen MR) is 191 cm³/mol. The lowest BCUT2D eigenvalue weighted by Crippen LogP contribution is -2.49. The maximum absolute atomic E-state index is 13.3. The second-order valence-electron chi connectivity index (χ2n) is 11.9. The Morgan fingerprint density at radius 2 is 1.26 bits per heavy atom. The summed E-state index contributed by atoms with van der Waals surface area (Å²) in [6.07, 6.45) is -0.174. The molecule has 1 atom stereocenters. The summed E-state index contributed by atoms with van der Waals surface area (Å²) in [5.41, 5.74) is 3.39. The maximum atomic E-state index is 13.3. The lowest BCUT2D eigenvalue weighted by Gasteiger charge is -2.33. The van der Waals surface area contributed by atoms with Crippen LogP contribution in [-0.4, -0.2) is 100 Å².